The van der Waals surface area contributed by atoms with E-state index >= 15 is 0 Å². The van der Waals surface area contributed by atoms with E-state index in [4.69, 9.17) is 9.47 Å². The highest BCUT2D eigenvalue weighted by atomic mass is 16.7. The lowest BCUT2D eigenvalue weighted by atomic mass is 9.56. The molecule has 5 unspecified atom stereocenters. The molecule has 2 aliphatic heterocycles. The van der Waals surface area contributed by atoms with E-state index in [2.05, 4.69) is 20.8 Å². The van der Waals surface area contributed by atoms with Crippen LogP contribution >= 0.6 is 0 Å². The molecule has 0 N–H and O–H groups in total. The summed E-state index contributed by atoms with van der Waals surface area (Å²) in [7, 11) is 0. The Kier molecular flexibility index (Phi) is 3.46. The van der Waals surface area contributed by atoms with Crippen LogP contribution in [0.2, 0.25) is 0 Å². The molecular formula is C20H30O3. The Morgan fingerprint density at radius 3 is 2.70 bits per heavy atom. The van der Waals surface area contributed by atoms with Crippen LogP contribution in [0.3, 0.4) is 0 Å². The molecule has 1 saturated carbocycles. The summed E-state index contributed by atoms with van der Waals surface area (Å²) in [6.07, 6.45) is 7.16. The average Bonchev–Trinajstić information content (AvgIpc) is 2.86. The molecule has 128 valence electrons. The van der Waals surface area contributed by atoms with Gasteiger partial charge in [-0.05, 0) is 61.3 Å². The zero-order chi connectivity index (χ0) is 16.4. The lowest BCUT2D eigenvalue weighted by Gasteiger charge is -2.49. The van der Waals surface area contributed by atoms with Crippen molar-refractivity contribution in [1.82, 2.24) is 0 Å². The van der Waals surface area contributed by atoms with Crippen LogP contribution in [0.5, 0.6) is 0 Å². The third kappa shape index (κ3) is 2.38. The molecule has 4 rings (SSSR count). The second kappa shape index (κ2) is 5.08. The van der Waals surface area contributed by atoms with E-state index < -0.39 is 0 Å². The molecule has 0 aromatic rings. The Morgan fingerprint density at radius 1 is 1.17 bits per heavy atom. The van der Waals surface area contributed by atoms with E-state index in [0.717, 1.165) is 13.0 Å². The minimum atomic E-state index is -0.311. The summed E-state index contributed by atoms with van der Waals surface area (Å²) in [5, 5.41) is 0. The van der Waals surface area contributed by atoms with Gasteiger partial charge in [-0.1, -0.05) is 32.8 Å². The van der Waals surface area contributed by atoms with Crippen LogP contribution in [0.15, 0.2) is 11.1 Å². The minimum Gasteiger partial charge on any atom is -0.435 e. The summed E-state index contributed by atoms with van der Waals surface area (Å²) in [6, 6.07) is 0. The molecule has 5 atom stereocenters. The Morgan fingerprint density at radius 2 is 1.96 bits per heavy atom. The second-order valence-corrected chi connectivity index (χ2v) is 9.37. The van der Waals surface area contributed by atoms with Gasteiger partial charge in [-0.15, -0.1) is 0 Å². The maximum atomic E-state index is 12.4. The van der Waals surface area contributed by atoms with Gasteiger partial charge in [0.1, 0.15) is 0 Å². The van der Waals surface area contributed by atoms with Crippen LogP contribution in [0, 0.1) is 28.6 Å². The molecule has 0 aromatic carbocycles. The first kappa shape index (κ1) is 15.7. The normalized spacial score (nSPS) is 45.7. The van der Waals surface area contributed by atoms with Gasteiger partial charge in [0.25, 0.3) is 0 Å². The fourth-order valence-corrected chi connectivity index (χ4v) is 6.09. The van der Waals surface area contributed by atoms with Gasteiger partial charge in [0.05, 0.1) is 12.5 Å². The first-order valence-corrected chi connectivity index (χ1v) is 9.36. The Labute approximate surface area is 139 Å². The fraction of sp³-hybridized carbons (Fsp3) is 0.850. The topological polar surface area (TPSA) is 35.5 Å². The number of rotatable bonds is 1. The fourth-order valence-electron chi connectivity index (χ4n) is 6.09. The van der Waals surface area contributed by atoms with Gasteiger partial charge in [0, 0.05) is 5.92 Å². The summed E-state index contributed by atoms with van der Waals surface area (Å²) in [6.45, 7) is 10.1. The first-order valence-electron chi connectivity index (χ1n) is 9.36. The molecule has 3 heteroatoms. The first-order chi connectivity index (χ1) is 10.8. The highest BCUT2D eigenvalue weighted by Gasteiger charge is 2.53. The molecule has 2 aliphatic carbocycles. The number of allylic oxidation sites excluding steroid dienone is 1. The van der Waals surface area contributed by atoms with Crippen LogP contribution in [0.4, 0.5) is 0 Å². The molecule has 0 spiro atoms. The molecule has 23 heavy (non-hydrogen) atoms. The zero-order valence-corrected chi connectivity index (χ0v) is 15.0. The van der Waals surface area contributed by atoms with E-state index in [1.807, 2.05) is 6.92 Å². The summed E-state index contributed by atoms with van der Waals surface area (Å²) >= 11 is 0. The lowest BCUT2D eigenvalue weighted by molar-refractivity contribution is -0.185. The van der Waals surface area contributed by atoms with Crippen molar-refractivity contribution in [3.63, 3.8) is 0 Å². The molecule has 3 fully saturated rings. The molecule has 3 nitrogen and oxygen atoms in total. The van der Waals surface area contributed by atoms with Crippen molar-refractivity contribution in [2.24, 2.45) is 28.6 Å². The maximum absolute atomic E-state index is 12.4. The second-order valence-electron chi connectivity index (χ2n) is 9.37. The zero-order valence-electron chi connectivity index (χ0n) is 15.0. The summed E-state index contributed by atoms with van der Waals surface area (Å²) in [4.78, 5) is 12.4. The monoisotopic (exact) mass is 318 g/mol. The molecule has 4 aliphatic rings. The number of hydrogen-bond donors (Lipinski definition) is 0. The van der Waals surface area contributed by atoms with E-state index in [9.17, 15) is 4.79 Å². The third-order valence-corrected chi connectivity index (χ3v) is 6.98. The van der Waals surface area contributed by atoms with Crippen LogP contribution in [0.1, 0.15) is 66.2 Å². The van der Waals surface area contributed by atoms with Crippen LogP contribution in [0.25, 0.3) is 0 Å². The van der Waals surface area contributed by atoms with Crippen molar-refractivity contribution >= 4 is 5.97 Å². The standard InChI is InChI=1S/C20H30O3/c1-12-15-14(20(4)9-5-8-19(2,3)11-20)7-6-13-10-22-18(16(13)15)23-17(12)21/h12-13,16,18H,5-11H2,1-4H3. The summed E-state index contributed by atoms with van der Waals surface area (Å²) in [5.74, 6) is 0.709. The van der Waals surface area contributed by atoms with E-state index in [0.29, 0.717) is 17.3 Å². The van der Waals surface area contributed by atoms with Crippen molar-refractivity contribution in [2.75, 3.05) is 6.61 Å². The smallest absolute Gasteiger partial charge is 0.315 e. The summed E-state index contributed by atoms with van der Waals surface area (Å²) < 4.78 is 11.4. The number of esters is 1. The molecule has 2 heterocycles. The minimum absolute atomic E-state index is 0.0834. The molecule has 0 aromatic heterocycles. The molecule has 0 radical (unpaired) electrons. The van der Waals surface area contributed by atoms with Crippen molar-refractivity contribution in [3.05, 3.63) is 11.1 Å². The highest BCUT2D eigenvalue weighted by Crippen LogP contribution is 2.57. The van der Waals surface area contributed by atoms with Crippen molar-refractivity contribution in [3.8, 4) is 0 Å². The molecule has 0 amide bonds. The van der Waals surface area contributed by atoms with Crippen LogP contribution in [-0.4, -0.2) is 18.9 Å². The van der Waals surface area contributed by atoms with Gasteiger partial charge in [-0.2, -0.15) is 0 Å². The van der Waals surface area contributed by atoms with Gasteiger partial charge in [0.15, 0.2) is 0 Å². The predicted octanol–water partition coefficient (Wildman–Crippen LogP) is 4.46. The Hall–Kier alpha value is -0.830. The number of ether oxygens (including phenoxy) is 2. The van der Waals surface area contributed by atoms with Gasteiger partial charge in [-0.3, -0.25) is 4.79 Å². The van der Waals surface area contributed by atoms with Crippen molar-refractivity contribution in [1.29, 1.82) is 0 Å². The SMILES string of the molecule is CC1C(=O)OC2OCC3CCC(C4(C)CCCC(C)(C)C4)=C1C32. The Balaban J connectivity index is 1.79. The summed E-state index contributed by atoms with van der Waals surface area (Å²) in [5.41, 5.74) is 3.65. The average molecular weight is 318 g/mol. The van der Waals surface area contributed by atoms with Gasteiger partial charge >= 0.3 is 5.97 Å². The van der Waals surface area contributed by atoms with Crippen LogP contribution < -0.4 is 0 Å². The molecule has 2 saturated heterocycles. The largest absolute Gasteiger partial charge is 0.435 e. The van der Waals surface area contributed by atoms with Gasteiger partial charge in [0.2, 0.25) is 6.29 Å². The molecule has 0 bridgehead atoms. The van der Waals surface area contributed by atoms with Gasteiger partial charge < -0.3 is 9.47 Å². The molecular weight excluding hydrogens is 288 g/mol. The number of hydrogen-bond acceptors (Lipinski definition) is 3. The maximum Gasteiger partial charge on any atom is 0.315 e. The predicted molar refractivity (Wildman–Crippen MR) is 88.6 cm³/mol. The van der Waals surface area contributed by atoms with Gasteiger partial charge in [-0.25, -0.2) is 0 Å². The van der Waals surface area contributed by atoms with Crippen molar-refractivity contribution < 1.29 is 14.3 Å². The Bertz CT molecular complexity index is 561. The highest BCUT2D eigenvalue weighted by molar-refractivity contribution is 5.77. The van der Waals surface area contributed by atoms with E-state index in [1.54, 1.807) is 5.57 Å². The number of carbonyl (C=O) groups excluding carboxylic acids is 1. The quantitative estimate of drug-likeness (QED) is 0.529. The number of carbonyl (C=O) groups is 1. The van der Waals surface area contributed by atoms with Crippen molar-refractivity contribution in [2.45, 2.75) is 72.5 Å². The van der Waals surface area contributed by atoms with E-state index in [-0.39, 0.29) is 23.6 Å². The third-order valence-electron chi connectivity index (χ3n) is 6.98. The van der Waals surface area contributed by atoms with E-state index in [1.165, 1.54) is 37.7 Å². The van der Waals surface area contributed by atoms with Crippen LogP contribution in [-0.2, 0) is 14.3 Å². The lowest BCUT2D eigenvalue weighted by Crippen LogP contribution is -2.44.